The molecule has 0 saturated carbocycles. The average Bonchev–Trinajstić information content (AvgIpc) is 3.09. The van der Waals surface area contributed by atoms with Crippen LogP contribution in [0.4, 0.5) is 0 Å². The number of piperazine rings is 1. The monoisotopic (exact) mass is 360 g/mol. The fourth-order valence-electron chi connectivity index (χ4n) is 3.47. The first kappa shape index (κ1) is 17.5. The van der Waals surface area contributed by atoms with Gasteiger partial charge in [0.1, 0.15) is 5.65 Å². The van der Waals surface area contributed by atoms with Crippen LogP contribution in [0.3, 0.4) is 0 Å². The van der Waals surface area contributed by atoms with E-state index in [4.69, 9.17) is 0 Å². The molecule has 4 rings (SSSR count). The lowest BCUT2D eigenvalue weighted by Crippen LogP contribution is -2.47. The highest BCUT2D eigenvalue weighted by Gasteiger charge is 2.20. The molecule has 0 unspecified atom stereocenters. The van der Waals surface area contributed by atoms with Crippen LogP contribution in [-0.2, 0) is 11.3 Å². The van der Waals surface area contributed by atoms with Crippen LogP contribution in [0.1, 0.15) is 16.8 Å². The molecule has 0 atom stereocenters. The van der Waals surface area contributed by atoms with Crippen LogP contribution in [0.25, 0.3) is 11.7 Å². The number of rotatable bonds is 4. The maximum absolute atomic E-state index is 12.4. The molecule has 0 bridgehead atoms. The van der Waals surface area contributed by atoms with Gasteiger partial charge in [-0.25, -0.2) is 4.98 Å². The van der Waals surface area contributed by atoms with Gasteiger partial charge in [0.15, 0.2) is 0 Å². The molecule has 1 fully saturated rings. The Morgan fingerprint density at radius 2 is 1.96 bits per heavy atom. The minimum Gasteiger partial charge on any atom is -0.337 e. The third-order valence-corrected chi connectivity index (χ3v) is 4.94. The summed E-state index contributed by atoms with van der Waals surface area (Å²) in [5.74, 6) is 0.0869. The van der Waals surface area contributed by atoms with E-state index in [2.05, 4.69) is 35.1 Å². The molecule has 27 heavy (non-hydrogen) atoms. The van der Waals surface area contributed by atoms with Gasteiger partial charge >= 0.3 is 0 Å². The number of pyridine rings is 1. The molecule has 0 aliphatic carbocycles. The van der Waals surface area contributed by atoms with E-state index in [0.29, 0.717) is 0 Å². The van der Waals surface area contributed by atoms with Crippen molar-refractivity contribution in [2.75, 3.05) is 26.2 Å². The number of carbonyl (C=O) groups is 1. The second-order valence-corrected chi connectivity index (χ2v) is 7.05. The Labute approximate surface area is 159 Å². The van der Waals surface area contributed by atoms with Crippen molar-refractivity contribution >= 4 is 17.6 Å². The van der Waals surface area contributed by atoms with E-state index >= 15 is 0 Å². The van der Waals surface area contributed by atoms with Crippen LogP contribution in [-0.4, -0.2) is 51.3 Å². The van der Waals surface area contributed by atoms with Gasteiger partial charge in [0, 0.05) is 51.2 Å². The molecule has 2 aromatic heterocycles. The van der Waals surface area contributed by atoms with Crippen LogP contribution >= 0.6 is 0 Å². The molecule has 3 aromatic rings. The van der Waals surface area contributed by atoms with Gasteiger partial charge in [-0.05, 0) is 30.7 Å². The quantitative estimate of drug-likeness (QED) is 0.672. The molecule has 0 spiro atoms. The van der Waals surface area contributed by atoms with Gasteiger partial charge in [0.05, 0.1) is 5.69 Å². The van der Waals surface area contributed by atoms with Crippen molar-refractivity contribution in [3.05, 3.63) is 77.8 Å². The molecule has 138 valence electrons. The van der Waals surface area contributed by atoms with E-state index in [0.717, 1.165) is 49.6 Å². The predicted molar refractivity (Wildman–Crippen MR) is 107 cm³/mol. The van der Waals surface area contributed by atoms with E-state index in [-0.39, 0.29) is 5.91 Å². The molecule has 3 heterocycles. The number of hydrogen-bond donors (Lipinski definition) is 0. The van der Waals surface area contributed by atoms with Gasteiger partial charge in [-0.2, -0.15) is 0 Å². The highest BCUT2D eigenvalue weighted by Crippen LogP contribution is 2.11. The van der Waals surface area contributed by atoms with E-state index in [1.807, 2.05) is 51.9 Å². The molecule has 1 aromatic carbocycles. The van der Waals surface area contributed by atoms with Gasteiger partial charge in [-0.15, -0.1) is 0 Å². The summed E-state index contributed by atoms with van der Waals surface area (Å²) in [5, 5.41) is 0. The molecular weight excluding hydrogens is 336 g/mol. The summed E-state index contributed by atoms with van der Waals surface area (Å²) in [6.45, 7) is 6.13. The Balaban J connectivity index is 1.31. The third-order valence-electron chi connectivity index (χ3n) is 4.94. The van der Waals surface area contributed by atoms with Gasteiger partial charge < -0.3 is 9.30 Å². The minimum atomic E-state index is 0.0869. The SMILES string of the molecule is Cc1cccc(/C=C/C(=O)N2CCN(Cc3cn4ccccc4n3)CC2)c1. The second-order valence-electron chi connectivity index (χ2n) is 7.05. The Hall–Kier alpha value is -2.92. The number of nitrogens with zero attached hydrogens (tertiary/aromatic N) is 4. The zero-order valence-corrected chi connectivity index (χ0v) is 15.6. The molecule has 1 aliphatic rings. The topological polar surface area (TPSA) is 40.9 Å². The van der Waals surface area contributed by atoms with Crippen LogP contribution in [0.15, 0.2) is 60.9 Å². The Morgan fingerprint density at radius 1 is 1.11 bits per heavy atom. The van der Waals surface area contributed by atoms with Crippen LogP contribution < -0.4 is 0 Å². The maximum atomic E-state index is 12.4. The normalized spacial score (nSPS) is 15.7. The van der Waals surface area contributed by atoms with Gasteiger partial charge in [-0.1, -0.05) is 35.9 Å². The molecular formula is C22H24N4O. The number of fused-ring (bicyclic) bond motifs is 1. The van der Waals surface area contributed by atoms with E-state index < -0.39 is 0 Å². The fourth-order valence-corrected chi connectivity index (χ4v) is 3.47. The van der Waals surface area contributed by atoms with Crippen LogP contribution in [0.5, 0.6) is 0 Å². The lowest BCUT2D eigenvalue weighted by Gasteiger charge is -2.33. The molecule has 5 nitrogen and oxygen atoms in total. The maximum Gasteiger partial charge on any atom is 0.246 e. The van der Waals surface area contributed by atoms with Crippen molar-refractivity contribution in [2.24, 2.45) is 0 Å². The average molecular weight is 360 g/mol. The standard InChI is InChI=1S/C22H24N4O/c1-18-5-4-6-19(15-18)8-9-22(27)25-13-11-24(12-14-25)16-20-17-26-10-3-2-7-21(26)23-20/h2-10,15,17H,11-14,16H2,1H3/b9-8+. The summed E-state index contributed by atoms with van der Waals surface area (Å²) in [6.07, 6.45) is 7.69. The Bertz CT molecular complexity index is 934. The zero-order chi connectivity index (χ0) is 18.6. The van der Waals surface area contributed by atoms with Crippen molar-refractivity contribution in [1.29, 1.82) is 0 Å². The smallest absolute Gasteiger partial charge is 0.246 e. The van der Waals surface area contributed by atoms with E-state index in [1.165, 1.54) is 5.56 Å². The molecule has 1 aliphatic heterocycles. The summed E-state index contributed by atoms with van der Waals surface area (Å²) in [5.41, 5.74) is 4.31. The van der Waals surface area contributed by atoms with Crippen molar-refractivity contribution in [1.82, 2.24) is 19.2 Å². The first-order valence-electron chi connectivity index (χ1n) is 9.36. The summed E-state index contributed by atoms with van der Waals surface area (Å²) in [7, 11) is 0. The van der Waals surface area contributed by atoms with Crippen molar-refractivity contribution in [2.45, 2.75) is 13.5 Å². The Morgan fingerprint density at radius 3 is 2.74 bits per heavy atom. The zero-order valence-electron chi connectivity index (χ0n) is 15.6. The first-order valence-corrected chi connectivity index (χ1v) is 9.36. The number of aryl methyl sites for hydroxylation is 1. The highest BCUT2D eigenvalue weighted by atomic mass is 16.2. The van der Waals surface area contributed by atoms with E-state index in [1.54, 1.807) is 6.08 Å². The minimum absolute atomic E-state index is 0.0869. The Kier molecular flexibility index (Phi) is 5.03. The van der Waals surface area contributed by atoms with E-state index in [9.17, 15) is 4.79 Å². The highest BCUT2D eigenvalue weighted by molar-refractivity contribution is 5.91. The largest absolute Gasteiger partial charge is 0.337 e. The van der Waals surface area contributed by atoms with Crippen molar-refractivity contribution in [3.63, 3.8) is 0 Å². The molecule has 5 heteroatoms. The fraction of sp³-hybridized carbons (Fsp3) is 0.273. The molecule has 1 saturated heterocycles. The number of carbonyl (C=O) groups excluding carboxylic acids is 1. The number of amides is 1. The summed E-state index contributed by atoms with van der Waals surface area (Å²) >= 11 is 0. The van der Waals surface area contributed by atoms with Crippen molar-refractivity contribution < 1.29 is 4.79 Å². The lowest BCUT2D eigenvalue weighted by atomic mass is 10.1. The summed E-state index contributed by atoms with van der Waals surface area (Å²) in [6, 6.07) is 14.2. The van der Waals surface area contributed by atoms with Gasteiger partial charge in [0.25, 0.3) is 0 Å². The number of benzene rings is 1. The van der Waals surface area contributed by atoms with Gasteiger partial charge in [0.2, 0.25) is 5.91 Å². The van der Waals surface area contributed by atoms with Gasteiger partial charge in [-0.3, -0.25) is 9.69 Å². The van der Waals surface area contributed by atoms with Crippen molar-refractivity contribution in [3.8, 4) is 0 Å². The molecule has 1 amide bonds. The first-order chi connectivity index (χ1) is 13.2. The van der Waals surface area contributed by atoms with Crippen LogP contribution in [0.2, 0.25) is 0 Å². The predicted octanol–water partition coefficient (Wildman–Crippen LogP) is 3.00. The summed E-state index contributed by atoms with van der Waals surface area (Å²) < 4.78 is 2.05. The number of imidazole rings is 1. The lowest BCUT2D eigenvalue weighted by molar-refractivity contribution is -0.127. The molecule has 0 N–H and O–H groups in total. The second kappa shape index (κ2) is 7.76. The molecule has 0 radical (unpaired) electrons. The van der Waals surface area contributed by atoms with Crippen LogP contribution in [0, 0.1) is 6.92 Å². The number of hydrogen-bond acceptors (Lipinski definition) is 3. The number of aromatic nitrogens is 2. The summed E-state index contributed by atoms with van der Waals surface area (Å²) in [4.78, 5) is 21.4. The third kappa shape index (κ3) is 4.26.